The van der Waals surface area contributed by atoms with Crippen LogP contribution < -0.4 is 0 Å². The van der Waals surface area contributed by atoms with E-state index >= 15 is 0 Å². The lowest BCUT2D eigenvalue weighted by atomic mass is 10.0. The second kappa shape index (κ2) is 5.28. The van der Waals surface area contributed by atoms with Gasteiger partial charge in [0.25, 0.3) is 0 Å². The van der Waals surface area contributed by atoms with Crippen LogP contribution in [-0.4, -0.2) is 4.57 Å². The first kappa shape index (κ1) is 13.7. The molecular weight excluding hydrogens is 275 g/mol. The summed E-state index contributed by atoms with van der Waals surface area (Å²) in [5.41, 5.74) is 1.19. The van der Waals surface area contributed by atoms with Crippen LogP contribution in [0.5, 0.6) is 0 Å². The summed E-state index contributed by atoms with van der Waals surface area (Å²) in [6.07, 6.45) is 2.77. The molecular formula is C17H14F3N. The average molecular weight is 289 g/mol. The van der Waals surface area contributed by atoms with E-state index < -0.39 is 17.5 Å². The highest BCUT2D eigenvalue weighted by atomic mass is 19.1. The highest BCUT2D eigenvalue weighted by Gasteiger charge is 2.13. The Labute approximate surface area is 120 Å². The Morgan fingerprint density at radius 1 is 0.952 bits per heavy atom. The van der Waals surface area contributed by atoms with E-state index in [0.29, 0.717) is 5.39 Å². The van der Waals surface area contributed by atoms with Gasteiger partial charge in [-0.15, -0.1) is 0 Å². The number of hydrogen-bond donors (Lipinski definition) is 0. The number of hydrogen-bond acceptors (Lipinski definition) is 0. The number of nitrogens with zero attached hydrogens (tertiary/aromatic N) is 1. The molecule has 0 bridgehead atoms. The SMILES string of the molecule is CCCn1ccc2c(F)c(-c3cc(F)cc(F)c3)ccc21. The topological polar surface area (TPSA) is 4.93 Å². The normalized spacial score (nSPS) is 11.2. The fourth-order valence-electron chi connectivity index (χ4n) is 2.60. The maximum atomic E-state index is 14.6. The van der Waals surface area contributed by atoms with Gasteiger partial charge >= 0.3 is 0 Å². The summed E-state index contributed by atoms with van der Waals surface area (Å²) in [6.45, 7) is 2.85. The van der Waals surface area contributed by atoms with Gasteiger partial charge in [0.1, 0.15) is 17.5 Å². The van der Waals surface area contributed by atoms with E-state index in [1.807, 2.05) is 17.7 Å². The minimum absolute atomic E-state index is 0.204. The third-order valence-electron chi connectivity index (χ3n) is 3.53. The van der Waals surface area contributed by atoms with E-state index in [1.54, 1.807) is 18.2 Å². The van der Waals surface area contributed by atoms with E-state index in [2.05, 4.69) is 0 Å². The molecule has 0 saturated carbocycles. The highest BCUT2D eigenvalue weighted by molar-refractivity contribution is 5.86. The molecule has 1 aromatic heterocycles. The predicted octanol–water partition coefficient (Wildman–Crippen LogP) is 5.14. The Bertz CT molecular complexity index is 785. The summed E-state index contributed by atoms with van der Waals surface area (Å²) in [5.74, 6) is -1.88. The molecule has 0 fully saturated rings. The number of fused-ring (bicyclic) bond motifs is 1. The Kier molecular flexibility index (Phi) is 3.45. The Morgan fingerprint density at radius 2 is 1.67 bits per heavy atom. The largest absolute Gasteiger partial charge is 0.347 e. The van der Waals surface area contributed by atoms with Crippen molar-refractivity contribution < 1.29 is 13.2 Å². The van der Waals surface area contributed by atoms with Crippen molar-refractivity contribution in [1.29, 1.82) is 0 Å². The lowest BCUT2D eigenvalue weighted by Gasteiger charge is -2.07. The van der Waals surface area contributed by atoms with Gasteiger partial charge in [-0.05, 0) is 42.3 Å². The molecule has 0 aliphatic carbocycles. The molecule has 2 aromatic carbocycles. The van der Waals surface area contributed by atoms with Crippen molar-refractivity contribution in [2.45, 2.75) is 19.9 Å². The van der Waals surface area contributed by atoms with Gasteiger partial charge in [0, 0.05) is 29.8 Å². The van der Waals surface area contributed by atoms with Crippen LogP contribution in [0.4, 0.5) is 13.2 Å². The van der Waals surface area contributed by atoms with Gasteiger partial charge in [-0.3, -0.25) is 0 Å². The monoisotopic (exact) mass is 289 g/mol. The summed E-state index contributed by atoms with van der Waals surface area (Å²) in [6, 6.07) is 8.09. The lowest BCUT2D eigenvalue weighted by molar-refractivity contribution is 0.583. The number of aromatic nitrogens is 1. The Morgan fingerprint density at radius 3 is 2.33 bits per heavy atom. The van der Waals surface area contributed by atoms with Crippen molar-refractivity contribution in [3.63, 3.8) is 0 Å². The summed E-state index contributed by atoms with van der Waals surface area (Å²) in [4.78, 5) is 0. The van der Waals surface area contributed by atoms with Crippen molar-refractivity contribution in [3.05, 3.63) is 60.0 Å². The molecule has 0 atom stereocenters. The molecule has 0 aliphatic rings. The molecule has 0 unspecified atom stereocenters. The summed E-state index contributed by atoms with van der Waals surface area (Å²) >= 11 is 0. The molecule has 1 nitrogen and oxygen atoms in total. The smallest absolute Gasteiger partial charge is 0.140 e. The number of aryl methyl sites for hydroxylation is 1. The van der Waals surface area contributed by atoms with Gasteiger partial charge in [0.15, 0.2) is 0 Å². The molecule has 108 valence electrons. The van der Waals surface area contributed by atoms with Gasteiger partial charge in [0.2, 0.25) is 0 Å². The molecule has 0 saturated heterocycles. The zero-order chi connectivity index (χ0) is 15.0. The first-order chi connectivity index (χ1) is 10.1. The van der Waals surface area contributed by atoms with Gasteiger partial charge in [-0.25, -0.2) is 13.2 Å². The second-order valence-electron chi connectivity index (χ2n) is 5.03. The van der Waals surface area contributed by atoms with Crippen molar-refractivity contribution in [3.8, 4) is 11.1 Å². The van der Waals surface area contributed by atoms with Crippen molar-refractivity contribution in [1.82, 2.24) is 4.57 Å². The number of benzene rings is 2. The van der Waals surface area contributed by atoms with Gasteiger partial charge in [-0.2, -0.15) is 0 Å². The van der Waals surface area contributed by atoms with E-state index in [-0.39, 0.29) is 11.1 Å². The van der Waals surface area contributed by atoms with Gasteiger partial charge < -0.3 is 4.57 Å². The van der Waals surface area contributed by atoms with Crippen LogP contribution >= 0.6 is 0 Å². The van der Waals surface area contributed by atoms with Crippen molar-refractivity contribution >= 4 is 10.9 Å². The highest BCUT2D eigenvalue weighted by Crippen LogP contribution is 2.30. The van der Waals surface area contributed by atoms with E-state index in [1.165, 1.54) is 0 Å². The fourth-order valence-corrected chi connectivity index (χ4v) is 2.60. The molecule has 0 aliphatic heterocycles. The fraction of sp³-hybridized carbons (Fsp3) is 0.176. The van der Waals surface area contributed by atoms with E-state index in [4.69, 9.17) is 0 Å². The summed E-state index contributed by atoms with van der Waals surface area (Å²) in [5, 5.41) is 0.464. The third kappa shape index (κ3) is 2.42. The number of halogens is 3. The zero-order valence-corrected chi connectivity index (χ0v) is 11.5. The van der Waals surface area contributed by atoms with E-state index in [0.717, 1.165) is 36.7 Å². The molecule has 0 N–H and O–H groups in total. The minimum atomic E-state index is -0.715. The van der Waals surface area contributed by atoms with Crippen LogP contribution in [0.15, 0.2) is 42.6 Å². The molecule has 0 amide bonds. The van der Waals surface area contributed by atoms with Gasteiger partial charge in [0.05, 0.1) is 5.52 Å². The van der Waals surface area contributed by atoms with Crippen LogP contribution in [0.2, 0.25) is 0 Å². The van der Waals surface area contributed by atoms with Crippen molar-refractivity contribution in [2.24, 2.45) is 0 Å². The first-order valence-corrected chi connectivity index (χ1v) is 6.84. The van der Waals surface area contributed by atoms with Crippen LogP contribution in [0, 0.1) is 17.5 Å². The van der Waals surface area contributed by atoms with E-state index in [9.17, 15) is 13.2 Å². The summed E-state index contributed by atoms with van der Waals surface area (Å²) in [7, 11) is 0. The van der Waals surface area contributed by atoms with Crippen molar-refractivity contribution in [2.75, 3.05) is 0 Å². The zero-order valence-electron chi connectivity index (χ0n) is 11.5. The third-order valence-corrected chi connectivity index (χ3v) is 3.53. The standard InChI is InChI=1S/C17H14F3N/c1-2-6-21-7-5-15-16(21)4-3-14(17(15)20)11-8-12(18)10-13(19)9-11/h3-5,7-10H,2,6H2,1H3. The first-order valence-electron chi connectivity index (χ1n) is 6.84. The molecule has 4 heteroatoms. The average Bonchev–Trinajstić information content (AvgIpc) is 2.83. The molecule has 3 rings (SSSR count). The maximum Gasteiger partial charge on any atom is 0.140 e. The van der Waals surface area contributed by atoms with Crippen LogP contribution in [0.1, 0.15) is 13.3 Å². The van der Waals surface area contributed by atoms with Crippen LogP contribution in [-0.2, 0) is 6.54 Å². The molecule has 3 aromatic rings. The van der Waals surface area contributed by atoms with Gasteiger partial charge in [-0.1, -0.05) is 6.92 Å². The Balaban J connectivity index is 2.18. The predicted molar refractivity (Wildman–Crippen MR) is 77.5 cm³/mol. The minimum Gasteiger partial charge on any atom is -0.347 e. The molecule has 0 radical (unpaired) electrons. The van der Waals surface area contributed by atoms with Crippen LogP contribution in [0.25, 0.3) is 22.0 Å². The maximum absolute atomic E-state index is 14.6. The summed E-state index contributed by atoms with van der Waals surface area (Å²) < 4.78 is 43.2. The molecule has 21 heavy (non-hydrogen) atoms. The quantitative estimate of drug-likeness (QED) is 0.629. The molecule has 1 heterocycles. The number of rotatable bonds is 3. The Hall–Kier alpha value is -2.23. The van der Waals surface area contributed by atoms with Crippen LogP contribution in [0.3, 0.4) is 0 Å². The second-order valence-corrected chi connectivity index (χ2v) is 5.03. The molecule has 0 spiro atoms. The lowest BCUT2D eigenvalue weighted by Crippen LogP contribution is -1.95.